The van der Waals surface area contributed by atoms with Crippen LogP contribution < -0.4 is 0 Å². The Morgan fingerprint density at radius 3 is 2.60 bits per heavy atom. The molecule has 0 saturated carbocycles. The molecule has 5 heteroatoms. The molecule has 0 aliphatic rings. The van der Waals surface area contributed by atoms with Gasteiger partial charge in [-0.3, -0.25) is 0 Å². The summed E-state index contributed by atoms with van der Waals surface area (Å²) >= 11 is 13.2. The number of aliphatic hydroxyl groups is 1. The van der Waals surface area contributed by atoms with Crippen molar-refractivity contribution < 1.29 is 9.50 Å². The maximum absolute atomic E-state index is 13.0. The molecule has 2 rings (SSSR count). The quantitative estimate of drug-likeness (QED) is 0.792. The lowest BCUT2D eigenvalue weighted by Crippen LogP contribution is -2.13. The lowest BCUT2D eigenvalue weighted by atomic mass is 10.1. The van der Waals surface area contributed by atoms with E-state index in [-0.39, 0.29) is 5.82 Å². The van der Waals surface area contributed by atoms with Crippen molar-refractivity contribution in [2.45, 2.75) is 17.4 Å². The molecule has 0 heterocycles. The molecule has 106 valence electrons. The molecule has 2 aromatic carbocycles. The summed E-state index contributed by atoms with van der Waals surface area (Å²) in [7, 11) is 0. The van der Waals surface area contributed by atoms with Crippen LogP contribution in [0, 0.1) is 5.82 Å². The fraction of sp³-hybridized carbons (Fsp3) is 0.200. The van der Waals surface area contributed by atoms with E-state index < -0.39 is 6.10 Å². The van der Waals surface area contributed by atoms with E-state index >= 15 is 0 Å². The average molecular weight is 331 g/mol. The van der Waals surface area contributed by atoms with E-state index in [0.717, 1.165) is 10.5 Å². The first-order chi connectivity index (χ1) is 9.54. The van der Waals surface area contributed by atoms with Crippen molar-refractivity contribution in [3.05, 3.63) is 63.9 Å². The van der Waals surface area contributed by atoms with Gasteiger partial charge in [0.1, 0.15) is 5.82 Å². The van der Waals surface area contributed by atoms with Crippen molar-refractivity contribution in [2.75, 3.05) is 5.75 Å². The summed E-state index contributed by atoms with van der Waals surface area (Å²) in [4.78, 5) is 0.804. The minimum Gasteiger partial charge on any atom is -0.392 e. The summed E-state index contributed by atoms with van der Waals surface area (Å²) in [5.74, 6) is 0.220. The number of halogens is 3. The SMILES string of the molecule is OC(CSc1cccc(F)c1)Cc1ccc(Cl)c(Cl)c1. The Kier molecular flexibility index (Phi) is 5.73. The highest BCUT2D eigenvalue weighted by atomic mass is 35.5. The van der Waals surface area contributed by atoms with E-state index in [9.17, 15) is 9.50 Å². The smallest absolute Gasteiger partial charge is 0.124 e. The number of rotatable bonds is 5. The molecule has 1 N–H and O–H groups in total. The molecule has 0 aliphatic carbocycles. The number of aliphatic hydroxyl groups excluding tert-OH is 1. The van der Waals surface area contributed by atoms with Crippen molar-refractivity contribution >= 4 is 35.0 Å². The Labute approximate surface area is 131 Å². The van der Waals surface area contributed by atoms with E-state index in [1.54, 1.807) is 18.2 Å². The summed E-state index contributed by atoms with van der Waals surface area (Å²) < 4.78 is 13.0. The molecule has 2 aromatic rings. The van der Waals surface area contributed by atoms with Crippen LogP contribution in [0.3, 0.4) is 0 Å². The van der Waals surface area contributed by atoms with Crippen LogP contribution >= 0.6 is 35.0 Å². The molecule has 0 saturated heterocycles. The Hall–Kier alpha value is -0.740. The largest absolute Gasteiger partial charge is 0.392 e. The van der Waals surface area contributed by atoms with Gasteiger partial charge >= 0.3 is 0 Å². The van der Waals surface area contributed by atoms with Crippen LogP contribution in [0.15, 0.2) is 47.4 Å². The van der Waals surface area contributed by atoms with Crippen LogP contribution in [-0.4, -0.2) is 17.0 Å². The zero-order chi connectivity index (χ0) is 14.5. The van der Waals surface area contributed by atoms with E-state index in [0.29, 0.717) is 22.2 Å². The average Bonchev–Trinajstić information content (AvgIpc) is 2.41. The monoisotopic (exact) mass is 330 g/mol. The third kappa shape index (κ3) is 4.67. The van der Waals surface area contributed by atoms with Gasteiger partial charge in [0.15, 0.2) is 0 Å². The van der Waals surface area contributed by atoms with Crippen molar-refractivity contribution in [3.8, 4) is 0 Å². The second-order valence-corrected chi connectivity index (χ2v) is 6.28. The van der Waals surface area contributed by atoms with Gasteiger partial charge in [0.2, 0.25) is 0 Å². The molecule has 0 bridgehead atoms. The highest BCUT2D eigenvalue weighted by molar-refractivity contribution is 7.99. The van der Waals surface area contributed by atoms with Gasteiger partial charge in [-0.25, -0.2) is 4.39 Å². The van der Waals surface area contributed by atoms with Crippen LogP contribution in [-0.2, 0) is 6.42 Å². The molecular weight excluding hydrogens is 318 g/mol. The lowest BCUT2D eigenvalue weighted by molar-refractivity contribution is 0.200. The molecule has 0 radical (unpaired) electrons. The molecule has 0 fully saturated rings. The summed E-state index contributed by atoms with van der Waals surface area (Å²) in [5.41, 5.74) is 0.923. The molecule has 20 heavy (non-hydrogen) atoms. The lowest BCUT2D eigenvalue weighted by Gasteiger charge is -2.11. The van der Waals surface area contributed by atoms with Gasteiger partial charge in [-0.2, -0.15) is 0 Å². The van der Waals surface area contributed by atoms with E-state index in [1.807, 2.05) is 12.1 Å². The Morgan fingerprint density at radius 1 is 1.10 bits per heavy atom. The predicted octanol–water partition coefficient (Wildman–Crippen LogP) is 4.83. The van der Waals surface area contributed by atoms with Gasteiger partial charge < -0.3 is 5.11 Å². The van der Waals surface area contributed by atoms with Gasteiger partial charge in [0.25, 0.3) is 0 Å². The molecular formula is C15H13Cl2FOS. The molecule has 1 unspecified atom stereocenters. The highest BCUT2D eigenvalue weighted by Gasteiger charge is 2.08. The standard InChI is InChI=1S/C15H13Cl2FOS/c16-14-5-4-10(7-15(14)17)6-12(19)9-20-13-3-1-2-11(18)8-13/h1-5,7-8,12,19H,6,9H2. The van der Waals surface area contributed by atoms with Gasteiger partial charge in [-0.15, -0.1) is 11.8 Å². The van der Waals surface area contributed by atoms with Crippen molar-refractivity contribution in [1.82, 2.24) is 0 Å². The van der Waals surface area contributed by atoms with Crippen LogP contribution in [0.1, 0.15) is 5.56 Å². The molecule has 0 amide bonds. The number of thioether (sulfide) groups is 1. The van der Waals surface area contributed by atoms with Crippen LogP contribution in [0.25, 0.3) is 0 Å². The first kappa shape index (κ1) is 15.6. The summed E-state index contributed by atoms with van der Waals surface area (Å²) in [6.07, 6.45) is -0.0420. The Bertz CT molecular complexity index is 592. The molecule has 0 aliphatic heterocycles. The maximum atomic E-state index is 13.0. The zero-order valence-corrected chi connectivity index (χ0v) is 12.9. The maximum Gasteiger partial charge on any atom is 0.124 e. The van der Waals surface area contributed by atoms with Crippen LogP contribution in [0.2, 0.25) is 10.0 Å². The molecule has 0 aromatic heterocycles. The zero-order valence-electron chi connectivity index (χ0n) is 10.5. The first-order valence-electron chi connectivity index (χ1n) is 6.05. The molecule has 1 atom stereocenters. The van der Waals surface area contributed by atoms with Gasteiger partial charge in [-0.05, 0) is 42.3 Å². The fourth-order valence-corrected chi connectivity index (χ4v) is 2.94. The molecule has 0 spiro atoms. The minimum absolute atomic E-state index is 0.269. The second kappa shape index (κ2) is 7.32. The topological polar surface area (TPSA) is 20.2 Å². The summed E-state index contributed by atoms with van der Waals surface area (Å²) in [5, 5.41) is 11.0. The van der Waals surface area contributed by atoms with Crippen molar-refractivity contribution in [3.63, 3.8) is 0 Å². The van der Waals surface area contributed by atoms with E-state index in [2.05, 4.69) is 0 Å². The minimum atomic E-state index is -0.527. The van der Waals surface area contributed by atoms with Gasteiger partial charge in [-0.1, -0.05) is 35.3 Å². The van der Waals surface area contributed by atoms with E-state index in [1.165, 1.54) is 23.9 Å². The van der Waals surface area contributed by atoms with Gasteiger partial charge in [0, 0.05) is 10.6 Å². The summed E-state index contributed by atoms with van der Waals surface area (Å²) in [6.45, 7) is 0. The van der Waals surface area contributed by atoms with E-state index in [4.69, 9.17) is 23.2 Å². The van der Waals surface area contributed by atoms with Crippen LogP contribution in [0.5, 0.6) is 0 Å². The highest BCUT2D eigenvalue weighted by Crippen LogP contribution is 2.24. The third-order valence-electron chi connectivity index (χ3n) is 2.69. The summed E-state index contributed by atoms with van der Waals surface area (Å²) in [6, 6.07) is 11.6. The number of benzene rings is 2. The number of hydrogen-bond acceptors (Lipinski definition) is 2. The second-order valence-electron chi connectivity index (χ2n) is 4.37. The normalized spacial score (nSPS) is 12.4. The fourth-order valence-electron chi connectivity index (χ4n) is 1.75. The Morgan fingerprint density at radius 2 is 1.90 bits per heavy atom. The predicted molar refractivity (Wildman–Crippen MR) is 83.3 cm³/mol. The molecule has 1 nitrogen and oxygen atoms in total. The number of hydrogen-bond donors (Lipinski definition) is 1. The van der Waals surface area contributed by atoms with Crippen molar-refractivity contribution in [2.24, 2.45) is 0 Å². The third-order valence-corrected chi connectivity index (χ3v) is 4.57. The van der Waals surface area contributed by atoms with Crippen LogP contribution in [0.4, 0.5) is 4.39 Å². The van der Waals surface area contributed by atoms with Crippen molar-refractivity contribution in [1.29, 1.82) is 0 Å². The first-order valence-corrected chi connectivity index (χ1v) is 7.79. The van der Waals surface area contributed by atoms with Gasteiger partial charge in [0.05, 0.1) is 16.1 Å². The Balaban J connectivity index is 1.89.